The minimum Gasteiger partial charge on any atom is -0.493 e. The number of likely N-dealkylation sites (N-methyl/N-ethyl adjacent to an activating group) is 1. The van der Waals surface area contributed by atoms with E-state index in [1.165, 1.54) is 0 Å². The van der Waals surface area contributed by atoms with Crippen LogP contribution in [0, 0.1) is 0 Å². The molecule has 0 radical (unpaired) electrons. The van der Waals surface area contributed by atoms with Crippen molar-refractivity contribution in [2.24, 2.45) is 0 Å². The first-order valence-corrected chi connectivity index (χ1v) is 10.7. The molecule has 1 N–H and O–H groups in total. The maximum absolute atomic E-state index is 6.05. The monoisotopic (exact) mass is 536 g/mol. The van der Waals surface area contributed by atoms with E-state index in [0.717, 1.165) is 59.8 Å². The zero-order valence-electron chi connectivity index (χ0n) is 18.1. The minimum absolute atomic E-state index is 0. The van der Waals surface area contributed by atoms with Crippen molar-refractivity contribution in [1.29, 1.82) is 0 Å². The van der Waals surface area contributed by atoms with E-state index < -0.39 is 0 Å². The van der Waals surface area contributed by atoms with Gasteiger partial charge in [0.05, 0.1) is 11.6 Å². The topological polar surface area (TPSA) is 52.2 Å². The van der Waals surface area contributed by atoms with Gasteiger partial charge >= 0.3 is 0 Å². The van der Waals surface area contributed by atoms with E-state index in [4.69, 9.17) is 18.9 Å². The fourth-order valence-electron chi connectivity index (χ4n) is 3.21. The number of nitrogens with zero attached hydrogens (tertiary/aromatic N) is 1. The number of fused-ring (bicyclic) bond motifs is 1. The Morgan fingerprint density at radius 3 is 2.48 bits per heavy atom. The lowest BCUT2D eigenvalue weighted by Crippen LogP contribution is -2.31. The summed E-state index contributed by atoms with van der Waals surface area (Å²) in [6.45, 7) is 9.97. The number of nitrogens with one attached hydrogen (secondary N) is 1. The molecule has 174 valence electrons. The fourth-order valence-corrected chi connectivity index (χ4v) is 3.82. The van der Waals surface area contributed by atoms with Crippen molar-refractivity contribution in [2.45, 2.75) is 27.0 Å². The SMILES string of the molecule is CCN(CC)CCNCc1cc(Br)c(OCc2ccc3c(c2)OCO3)c(OC)c1.Cl.Cl. The fraction of sp³-hybridized carbons (Fsp3) is 0.455. The van der Waals surface area contributed by atoms with Gasteiger partial charge in [-0.3, -0.25) is 0 Å². The summed E-state index contributed by atoms with van der Waals surface area (Å²) in [6, 6.07) is 9.91. The average molecular weight is 538 g/mol. The highest BCUT2D eigenvalue weighted by atomic mass is 79.9. The average Bonchev–Trinajstić information content (AvgIpc) is 3.20. The highest BCUT2D eigenvalue weighted by Crippen LogP contribution is 2.38. The Morgan fingerprint density at radius 1 is 1.03 bits per heavy atom. The molecular weight excluding hydrogens is 507 g/mol. The summed E-state index contributed by atoms with van der Waals surface area (Å²) in [5.74, 6) is 2.92. The molecule has 0 atom stereocenters. The van der Waals surface area contributed by atoms with Crippen LogP contribution in [0.3, 0.4) is 0 Å². The first-order valence-electron chi connectivity index (χ1n) is 9.95. The Bertz CT molecular complexity index is 822. The molecule has 0 unspecified atom stereocenters. The molecule has 0 saturated carbocycles. The standard InChI is InChI=1S/C22H29BrN2O4.2ClH/c1-4-25(5-2)9-8-24-13-17-10-18(23)22(21(12-17)26-3)27-14-16-6-7-19-20(11-16)29-15-28-19;;/h6-7,10-12,24H,4-5,8-9,13-15H2,1-3H3;2*1H. The summed E-state index contributed by atoms with van der Waals surface area (Å²) >= 11 is 3.63. The number of rotatable bonds is 11. The first-order chi connectivity index (χ1) is 14.1. The molecule has 31 heavy (non-hydrogen) atoms. The largest absolute Gasteiger partial charge is 0.493 e. The van der Waals surface area contributed by atoms with E-state index in [1.807, 2.05) is 24.3 Å². The van der Waals surface area contributed by atoms with Crippen LogP contribution < -0.4 is 24.3 Å². The first kappa shape index (κ1) is 27.7. The maximum atomic E-state index is 6.05. The summed E-state index contributed by atoms with van der Waals surface area (Å²) in [5.41, 5.74) is 2.15. The number of methoxy groups -OCH3 is 1. The number of ether oxygens (including phenoxy) is 4. The molecule has 0 aliphatic carbocycles. The molecule has 1 aliphatic heterocycles. The Balaban J connectivity index is 0.00000240. The van der Waals surface area contributed by atoms with Crippen LogP contribution in [0.15, 0.2) is 34.8 Å². The summed E-state index contributed by atoms with van der Waals surface area (Å²) in [6.07, 6.45) is 0. The molecule has 1 heterocycles. The molecule has 6 nitrogen and oxygen atoms in total. The number of hydrogen-bond acceptors (Lipinski definition) is 6. The Morgan fingerprint density at radius 2 is 1.77 bits per heavy atom. The third kappa shape index (κ3) is 7.61. The maximum Gasteiger partial charge on any atom is 0.231 e. The van der Waals surface area contributed by atoms with Gasteiger partial charge in [-0.1, -0.05) is 19.9 Å². The van der Waals surface area contributed by atoms with Crippen LogP contribution in [0.1, 0.15) is 25.0 Å². The van der Waals surface area contributed by atoms with Crippen LogP contribution in [0.4, 0.5) is 0 Å². The lowest BCUT2D eigenvalue weighted by molar-refractivity contribution is 0.174. The molecule has 0 amide bonds. The lowest BCUT2D eigenvalue weighted by Gasteiger charge is -2.18. The van der Waals surface area contributed by atoms with Crippen LogP contribution in [-0.4, -0.2) is 45.0 Å². The quantitative estimate of drug-likeness (QED) is 0.405. The van der Waals surface area contributed by atoms with Crippen molar-refractivity contribution in [3.63, 3.8) is 0 Å². The van der Waals surface area contributed by atoms with Gasteiger partial charge in [0, 0.05) is 19.6 Å². The van der Waals surface area contributed by atoms with Crippen molar-refractivity contribution >= 4 is 40.7 Å². The Kier molecular flexibility index (Phi) is 12.4. The molecule has 0 bridgehead atoms. The second kappa shape index (κ2) is 13.9. The molecule has 0 aromatic heterocycles. The summed E-state index contributed by atoms with van der Waals surface area (Å²) in [7, 11) is 1.66. The second-order valence-electron chi connectivity index (χ2n) is 6.79. The molecule has 0 spiro atoms. The third-order valence-electron chi connectivity index (χ3n) is 4.94. The summed E-state index contributed by atoms with van der Waals surface area (Å²) < 4.78 is 23.3. The summed E-state index contributed by atoms with van der Waals surface area (Å²) in [4.78, 5) is 2.40. The smallest absolute Gasteiger partial charge is 0.231 e. The van der Waals surface area contributed by atoms with Gasteiger partial charge in [-0.15, -0.1) is 24.8 Å². The normalized spacial score (nSPS) is 11.6. The highest BCUT2D eigenvalue weighted by molar-refractivity contribution is 9.10. The van der Waals surface area contributed by atoms with Gasteiger partial charge in [-0.25, -0.2) is 0 Å². The van der Waals surface area contributed by atoms with Crippen LogP contribution in [0.25, 0.3) is 0 Å². The zero-order valence-corrected chi connectivity index (χ0v) is 21.3. The van der Waals surface area contributed by atoms with Crippen molar-refractivity contribution in [3.05, 3.63) is 45.9 Å². The van der Waals surface area contributed by atoms with Crippen LogP contribution in [-0.2, 0) is 13.2 Å². The predicted octanol–water partition coefficient (Wildman–Crippen LogP) is 5.04. The minimum atomic E-state index is 0. The zero-order chi connectivity index (χ0) is 20.6. The molecule has 3 rings (SSSR count). The van der Waals surface area contributed by atoms with E-state index in [0.29, 0.717) is 18.1 Å². The molecule has 0 saturated heterocycles. The molecule has 0 fully saturated rings. The highest BCUT2D eigenvalue weighted by Gasteiger charge is 2.15. The van der Waals surface area contributed by atoms with Gasteiger partial charge < -0.3 is 29.2 Å². The van der Waals surface area contributed by atoms with Crippen LogP contribution in [0.5, 0.6) is 23.0 Å². The van der Waals surface area contributed by atoms with Crippen molar-refractivity contribution in [1.82, 2.24) is 10.2 Å². The number of benzene rings is 2. The number of halogens is 3. The molecule has 1 aliphatic rings. The molecular formula is C22H31BrCl2N2O4. The van der Waals surface area contributed by atoms with E-state index in [-0.39, 0.29) is 31.6 Å². The lowest BCUT2D eigenvalue weighted by atomic mass is 10.2. The second-order valence-corrected chi connectivity index (χ2v) is 7.64. The Hall–Kier alpha value is -1.38. The molecule has 2 aromatic rings. The van der Waals surface area contributed by atoms with Gasteiger partial charge in [-0.05, 0) is 64.4 Å². The van der Waals surface area contributed by atoms with E-state index in [2.05, 4.69) is 46.1 Å². The van der Waals surface area contributed by atoms with Crippen LogP contribution in [0.2, 0.25) is 0 Å². The van der Waals surface area contributed by atoms with E-state index in [1.54, 1.807) is 7.11 Å². The van der Waals surface area contributed by atoms with Gasteiger partial charge in [0.2, 0.25) is 6.79 Å². The van der Waals surface area contributed by atoms with Gasteiger partial charge in [-0.2, -0.15) is 0 Å². The summed E-state index contributed by atoms with van der Waals surface area (Å²) in [5, 5.41) is 3.50. The molecule has 9 heteroatoms. The third-order valence-corrected chi connectivity index (χ3v) is 5.53. The van der Waals surface area contributed by atoms with Gasteiger partial charge in [0.1, 0.15) is 6.61 Å². The van der Waals surface area contributed by atoms with Crippen LogP contribution >= 0.6 is 40.7 Å². The van der Waals surface area contributed by atoms with Crippen molar-refractivity contribution < 1.29 is 18.9 Å². The Labute approximate surface area is 205 Å². The van der Waals surface area contributed by atoms with Crippen molar-refractivity contribution in [2.75, 3.05) is 40.1 Å². The van der Waals surface area contributed by atoms with Crippen molar-refractivity contribution in [3.8, 4) is 23.0 Å². The molecule has 2 aromatic carbocycles. The van der Waals surface area contributed by atoms with Gasteiger partial charge in [0.25, 0.3) is 0 Å². The van der Waals surface area contributed by atoms with E-state index >= 15 is 0 Å². The van der Waals surface area contributed by atoms with E-state index in [9.17, 15) is 0 Å². The predicted molar refractivity (Wildman–Crippen MR) is 132 cm³/mol. The van der Waals surface area contributed by atoms with Gasteiger partial charge in [0.15, 0.2) is 23.0 Å². The number of hydrogen-bond donors (Lipinski definition) is 1.